The Kier molecular flexibility index (Phi) is 8.46. The molecule has 0 aliphatic rings. The second-order valence-electron chi connectivity index (χ2n) is 7.05. The van der Waals surface area contributed by atoms with Crippen molar-refractivity contribution in [3.8, 4) is 17.2 Å². The molecule has 8 heteroatoms. The molecule has 1 unspecified atom stereocenters. The largest absolute Gasteiger partial charge is 0.493 e. The van der Waals surface area contributed by atoms with Gasteiger partial charge in [0.1, 0.15) is 11.6 Å². The average Bonchev–Trinajstić information content (AvgIpc) is 2.73. The van der Waals surface area contributed by atoms with Crippen LogP contribution < -0.4 is 25.1 Å². The van der Waals surface area contributed by atoms with Gasteiger partial charge in [0.15, 0.2) is 17.6 Å². The number of ether oxygens (including phenoxy) is 3. The van der Waals surface area contributed by atoms with Gasteiger partial charge in [0, 0.05) is 5.56 Å². The number of amides is 2. The van der Waals surface area contributed by atoms with Gasteiger partial charge in [-0.25, -0.2) is 4.39 Å². The molecule has 0 aliphatic heterocycles. The fourth-order valence-electron chi connectivity index (χ4n) is 2.40. The molecule has 2 amide bonds. The lowest BCUT2D eigenvalue weighted by molar-refractivity contribution is -0.128. The summed E-state index contributed by atoms with van der Waals surface area (Å²) in [4.78, 5) is 24.5. The van der Waals surface area contributed by atoms with Gasteiger partial charge in [-0.1, -0.05) is 13.8 Å². The highest BCUT2D eigenvalue weighted by atomic mass is 19.1. The summed E-state index contributed by atoms with van der Waals surface area (Å²) in [6.07, 6.45) is -0.00248. The van der Waals surface area contributed by atoms with E-state index in [0.29, 0.717) is 29.8 Å². The molecule has 2 aromatic rings. The minimum atomic E-state index is -0.901. The average molecular weight is 418 g/mol. The predicted molar refractivity (Wildman–Crippen MR) is 110 cm³/mol. The van der Waals surface area contributed by atoms with E-state index in [1.807, 2.05) is 0 Å². The maximum atomic E-state index is 12.9. The van der Waals surface area contributed by atoms with Crippen LogP contribution in [0.3, 0.4) is 0 Å². The molecule has 0 saturated carbocycles. The van der Waals surface area contributed by atoms with Crippen molar-refractivity contribution in [1.82, 2.24) is 10.9 Å². The molecule has 0 fully saturated rings. The fraction of sp³-hybridized carbons (Fsp3) is 0.364. The number of nitrogens with one attached hydrogen (secondary N) is 2. The van der Waals surface area contributed by atoms with Gasteiger partial charge in [-0.2, -0.15) is 0 Å². The molecular formula is C22H27FN2O5. The minimum absolute atomic E-state index is 0.287. The number of benzene rings is 2. The topological polar surface area (TPSA) is 85.9 Å². The molecule has 162 valence electrons. The van der Waals surface area contributed by atoms with Crippen molar-refractivity contribution < 1.29 is 28.2 Å². The first kappa shape index (κ1) is 23.0. The SMILES string of the molecule is COc1cc(C(=O)NNC(=O)C(C)Oc2ccc(F)cc2)ccc1OCCC(C)C. The number of halogens is 1. The number of carbonyl (C=O) groups excluding carboxylic acids is 2. The van der Waals surface area contributed by atoms with Crippen molar-refractivity contribution in [1.29, 1.82) is 0 Å². The highest BCUT2D eigenvalue weighted by Crippen LogP contribution is 2.28. The van der Waals surface area contributed by atoms with Crippen LogP contribution >= 0.6 is 0 Å². The van der Waals surface area contributed by atoms with E-state index in [-0.39, 0.29) is 5.56 Å². The summed E-state index contributed by atoms with van der Waals surface area (Å²) in [5, 5.41) is 0. The van der Waals surface area contributed by atoms with Crippen LogP contribution in [0.25, 0.3) is 0 Å². The van der Waals surface area contributed by atoms with Crippen LogP contribution in [0.4, 0.5) is 4.39 Å². The summed E-state index contributed by atoms with van der Waals surface area (Å²) in [6, 6.07) is 10.0. The molecule has 0 spiro atoms. The summed E-state index contributed by atoms with van der Waals surface area (Å²) >= 11 is 0. The van der Waals surface area contributed by atoms with Gasteiger partial charge in [-0.3, -0.25) is 20.4 Å². The molecular weight excluding hydrogens is 391 g/mol. The quantitative estimate of drug-likeness (QED) is 0.609. The van der Waals surface area contributed by atoms with E-state index in [1.54, 1.807) is 12.1 Å². The van der Waals surface area contributed by atoms with E-state index < -0.39 is 23.7 Å². The Hall–Kier alpha value is -3.29. The number of methoxy groups -OCH3 is 1. The Bertz CT molecular complexity index is 855. The van der Waals surface area contributed by atoms with Gasteiger partial charge in [0.25, 0.3) is 11.8 Å². The number of hydrazine groups is 1. The number of hydrogen-bond acceptors (Lipinski definition) is 5. The first-order chi connectivity index (χ1) is 14.3. The van der Waals surface area contributed by atoms with Crippen LogP contribution in [0.1, 0.15) is 37.6 Å². The van der Waals surface area contributed by atoms with E-state index in [0.717, 1.165) is 6.42 Å². The standard InChI is InChI=1S/C22H27FN2O5/c1-14(2)11-12-29-19-10-5-16(13-20(19)28-4)22(27)25-24-21(26)15(3)30-18-8-6-17(23)7-9-18/h5-10,13-15H,11-12H2,1-4H3,(H,24,26)(H,25,27). The molecule has 0 heterocycles. The lowest BCUT2D eigenvalue weighted by Crippen LogP contribution is -2.47. The minimum Gasteiger partial charge on any atom is -0.493 e. The Morgan fingerprint density at radius 2 is 1.70 bits per heavy atom. The van der Waals surface area contributed by atoms with E-state index in [9.17, 15) is 14.0 Å². The second-order valence-corrected chi connectivity index (χ2v) is 7.05. The van der Waals surface area contributed by atoms with Gasteiger partial charge in [0.2, 0.25) is 0 Å². The maximum absolute atomic E-state index is 12.9. The zero-order valence-corrected chi connectivity index (χ0v) is 17.5. The summed E-state index contributed by atoms with van der Waals surface area (Å²) in [5.74, 6) is 0.323. The summed E-state index contributed by atoms with van der Waals surface area (Å²) in [5.41, 5.74) is 4.92. The van der Waals surface area contributed by atoms with Crippen molar-refractivity contribution in [2.75, 3.05) is 13.7 Å². The van der Waals surface area contributed by atoms with Crippen LogP contribution in [-0.4, -0.2) is 31.6 Å². The maximum Gasteiger partial charge on any atom is 0.279 e. The molecule has 30 heavy (non-hydrogen) atoms. The van der Waals surface area contributed by atoms with Crippen molar-refractivity contribution >= 4 is 11.8 Å². The van der Waals surface area contributed by atoms with Crippen molar-refractivity contribution in [2.24, 2.45) is 5.92 Å². The van der Waals surface area contributed by atoms with Crippen molar-refractivity contribution in [3.05, 3.63) is 53.8 Å². The first-order valence-electron chi connectivity index (χ1n) is 9.63. The molecule has 1 atom stereocenters. The fourth-order valence-corrected chi connectivity index (χ4v) is 2.40. The monoisotopic (exact) mass is 418 g/mol. The summed E-state index contributed by atoms with van der Waals surface area (Å²) in [6.45, 7) is 6.26. The zero-order chi connectivity index (χ0) is 22.1. The van der Waals surface area contributed by atoms with Gasteiger partial charge in [-0.05, 0) is 61.7 Å². The predicted octanol–water partition coefficient (Wildman–Crippen LogP) is 3.49. The molecule has 0 aliphatic carbocycles. The van der Waals surface area contributed by atoms with Gasteiger partial charge < -0.3 is 14.2 Å². The van der Waals surface area contributed by atoms with Gasteiger partial charge in [-0.15, -0.1) is 0 Å². The van der Waals surface area contributed by atoms with Gasteiger partial charge in [0.05, 0.1) is 13.7 Å². The molecule has 2 rings (SSSR count). The van der Waals surface area contributed by atoms with E-state index in [4.69, 9.17) is 14.2 Å². The third kappa shape index (κ3) is 6.95. The zero-order valence-electron chi connectivity index (χ0n) is 17.5. The Balaban J connectivity index is 1.90. The molecule has 2 N–H and O–H groups in total. The van der Waals surface area contributed by atoms with Crippen LogP contribution in [0.2, 0.25) is 0 Å². The highest BCUT2D eigenvalue weighted by molar-refractivity contribution is 5.96. The Labute approximate surface area is 175 Å². The lowest BCUT2D eigenvalue weighted by atomic mass is 10.1. The number of hydrogen-bond donors (Lipinski definition) is 2. The van der Waals surface area contributed by atoms with Crippen LogP contribution in [-0.2, 0) is 4.79 Å². The van der Waals surface area contributed by atoms with Crippen LogP contribution in [0.5, 0.6) is 17.2 Å². The molecule has 0 bridgehead atoms. The second kappa shape index (κ2) is 11.0. The Morgan fingerprint density at radius 1 is 1.00 bits per heavy atom. The molecule has 0 saturated heterocycles. The van der Waals surface area contributed by atoms with Crippen molar-refractivity contribution in [2.45, 2.75) is 33.3 Å². The molecule has 2 aromatic carbocycles. The first-order valence-corrected chi connectivity index (χ1v) is 9.63. The molecule has 7 nitrogen and oxygen atoms in total. The normalized spacial score (nSPS) is 11.5. The smallest absolute Gasteiger partial charge is 0.279 e. The third-order valence-electron chi connectivity index (χ3n) is 4.17. The van der Waals surface area contributed by atoms with Gasteiger partial charge >= 0.3 is 0 Å². The number of rotatable bonds is 9. The summed E-state index contributed by atoms with van der Waals surface area (Å²) in [7, 11) is 1.49. The lowest BCUT2D eigenvalue weighted by Gasteiger charge is -2.16. The summed E-state index contributed by atoms with van der Waals surface area (Å²) < 4.78 is 29.3. The highest BCUT2D eigenvalue weighted by Gasteiger charge is 2.17. The number of carbonyl (C=O) groups is 2. The van der Waals surface area contributed by atoms with Crippen LogP contribution in [0.15, 0.2) is 42.5 Å². The third-order valence-corrected chi connectivity index (χ3v) is 4.17. The van der Waals surface area contributed by atoms with Crippen LogP contribution in [0, 0.1) is 11.7 Å². The van der Waals surface area contributed by atoms with E-state index >= 15 is 0 Å². The van der Waals surface area contributed by atoms with E-state index in [1.165, 1.54) is 44.4 Å². The van der Waals surface area contributed by atoms with Crippen molar-refractivity contribution in [3.63, 3.8) is 0 Å². The molecule has 0 aromatic heterocycles. The van der Waals surface area contributed by atoms with E-state index in [2.05, 4.69) is 24.7 Å². The molecule has 0 radical (unpaired) electrons. The Morgan fingerprint density at radius 3 is 2.33 bits per heavy atom.